The third-order valence-corrected chi connectivity index (χ3v) is 4.45. The van der Waals surface area contributed by atoms with Crippen molar-refractivity contribution < 1.29 is 4.79 Å². The van der Waals surface area contributed by atoms with E-state index in [0.29, 0.717) is 24.9 Å². The number of aromatic nitrogens is 4. The molecule has 3 rings (SSSR count). The van der Waals surface area contributed by atoms with Crippen molar-refractivity contribution in [2.75, 3.05) is 38.6 Å². The SMILES string of the molecule is CC(C)n1c(C(=O)NCCN(C)C)nc2c1CCN(c1ncccn1)C2. The quantitative estimate of drug-likeness (QED) is 0.834. The molecule has 8 heteroatoms. The molecule has 140 valence electrons. The first-order valence-electron chi connectivity index (χ1n) is 9.02. The second-order valence-electron chi connectivity index (χ2n) is 7.07. The zero-order chi connectivity index (χ0) is 18.7. The van der Waals surface area contributed by atoms with E-state index >= 15 is 0 Å². The minimum Gasteiger partial charge on any atom is -0.348 e. The van der Waals surface area contributed by atoms with Gasteiger partial charge in [-0.3, -0.25) is 4.79 Å². The van der Waals surface area contributed by atoms with Crippen LogP contribution in [0.25, 0.3) is 0 Å². The molecule has 2 aromatic heterocycles. The van der Waals surface area contributed by atoms with E-state index in [1.807, 2.05) is 25.1 Å². The minimum atomic E-state index is -0.113. The van der Waals surface area contributed by atoms with Crippen LogP contribution < -0.4 is 10.2 Å². The fraction of sp³-hybridized carbons (Fsp3) is 0.556. The van der Waals surface area contributed by atoms with E-state index in [1.165, 1.54) is 0 Å². The number of hydrogen-bond acceptors (Lipinski definition) is 6. The molecular formula is C18H27N7O. The number of anilines is 1. The molecule has 0 aliphatic carbocycles. The summed E-state index contributed by atoms with van der Waals surface area (Å²) in [5.74, 6) is 1.09. The normalized spacial score (nSPS) is 14.0. The lowest BCUT2D eigenvalue weighted by molar-refractivity contribution is 0.0934. The number of carbonyl (C=O) groups is 1. The topological polar surface area (TPSA) is 79.2 Å². The summed E-state index contributed by atoms with van der Waals surface area (Å²) in [5.41, 5.74) is 2.08. The Kier molecular flexibility index (Phi) is 5.51. The van der Waals surface area contributed by atoms with Crippen LogP contribution in [0.2, 0.25) is 0 Å². The van der Waals surface area contributed by atoms with Crippen LogP contribution in [0.5, 0.6) is 0 Å². The Morgan fingerprint density at radius 1 is 1.31 bits per heavy atom. The molecule has 0 bridgehead atoms. The molecule has 0 aromatic carbocycles. The zero-order valence-electron chi connectivity index (χ0n) is 15.9. The van der Waals surface area contributed by atoms with Crippen LogP contribution >= 0.6 is 0 Å². The van der Waals surface area contributed by atoms with Crippen molar-refractivity contribution >= 4 is 11.9 Å². The molecular weight excluding hydrogens is 330 g/mol. The van der Waals surface area contributed by atoms with Gasteiger partial charge >= 0.3 is 0 Å². The maximum Gasteiger partial charge on any atom is 0.287 e. The molecule has 1 amide bonds. The largest absolute Gasteiger partial charge is 0.348 e. The molecule has 26 heavy (non-hydrogen) atoms. The lowest BCUT2D eigenvalue weighted by Gasteiger charge is -2.27. The zero-order valence-corrected chi connectivity index (χ0v) is 15.9. The van der Waals surface area contributed by atoms with Gasteiger partial charge < -0.3 is 19.7 Å². The van der Waals surface area contributed by atoms with E-state index < -0.39 is 0 Å². The van der Waals surface area contributed by atoms with Crippen molar-refractivity contribution in [1.29, 1.82) is 0 Å². The highest BCUT2D eigenvalue weighted by atomic mass is 16.2. The number of rotatable bonds is 6. The van der Waals surface area contributed by atoms with Gasteiger partial charge in [0.05, 0.1) is 12.2 Å². The third-order valence-electron chi connectivity index (χ3n) is 4.45. The molecule has 1 aliphatic rings. The van der Waals surface area contributed by atoms with E-state index in [0.717, 1.165) is 30.9 Å². The average Bonchev–Trinajstić information content (AvgIpc) is 3.01. The van der Waals surface area contributed by atoms with Gasteiger partial charge in [0.2, 0.25) is 5.95 Å². The highest BCUT2D eigenvalue weighted by molar-refractivity contribution is 5.91. The van der Waals surface area contributed by atoms with Gasteiger partial charge in [-0.15, -0.1) is 0 Å². The monoisotopic (exact) mass is 357 g/mol. The van der Waals surface area contributed by atoms with Crippen LogP contribution in [0, 0.1) is 0 Å². The molecule has 0 saturated heterocycles. The molecule has 0 saturated carbocycles. The number of likely N-dealkylation sites (N-methyl/N-ethyl adjacent to an activating group) is 1. The van der Waals surface area contributed by atoms with Crippen LogP contribution in [-0.4, -0.2) is 64.1 Å². The van der Waals surface area contributed by atoms with Crippen LogP contribution in [0.15, 0.2) is 18.5 Å². The van der Waals surface area contributed by atoms with E-state index in [1.54, 1.807) is 12.4 Å². The summed E-state index contributed by atoms with van der Waals surface area (Å²) in [6.45, 7) is 7.02. The molecule has 8 nitrogen and oxygen atoms in total. The molecule has 2 aromatic rings. The Bertz CT molecular complexity index is 754. The van der Waals surface area contributed by atoms with E-state index in [4.69, 9.17) is 0 Å². The highest BCUT2D eigenvalue weighted by Gasteiger charge is 2.28. The second kappa shape index (κ2) is 7.82. The number of fused-ring (bicyclic) bond motifs is 1. The van der Waals surface area contributed by atoms with Gasteiger partial charge in [0.1, 0.15) is 0 Å². The van der Waals surface area contributed by atoms with Crippen molar-refractivity contribution in [1.82, 2.24) is 29.7 Å². The highest BCUT2D eigenvalue weighted by Crippen LogP contribution is 2.25. The minimum absolute atomic E-state index is 0.113. The Hall–Kier alpha value is -2.48. The molecule has 0 fully saturated rings. The summed E-state index contributed by atoms with van der Waals surface area (Å²) in [4.78, 5) is 30.2. The number of carbonyl (C=O) groups excluding carboxylic acids is 1. The van der Waals surface area contributed by atoms with Gasteiger partial charge in [-0.25, -0.2) is 15.0 Å². The standard InChI is InChI=1S/C18H27N7O/c1-13(2)25-15-6-10-24(18-20-7-5-8-21-18)12-14(15)22-16(25)17(26)19-9-11-23(3)4/h5,7-8,13H,6,9-12H2,1-4H3,(H,19,26). The fourth-order valence-electron chi connectivity index (χ4n) is 3.22. The first-order valence-corrected chi connectivity index (χ1v) is 9.02. The van der Waals surface area contributed by atoms with Gasteiger partial charge in [-0.2, -0.15) is 0 Å². The number of nitrogens with zero attached hydrogens (tertiary/aromatic N) is 6. The maximum absolute atomic E-state index is 12.7. The Labute approximate surface area is 154 Å². The Morgan fingerprint density at radius 3 is 2.69 bits per heavy atom. The van der Waals surface area contributed by atoms with Crippen molar-refractivity contribution in [2.45, 2.75) is 32.9 Å². The summed E-state index contributed by atoms with van der Waals surface area (Å²) < 4.78 is 2.07. The Morgan fingerprint density at radius 2 is 2.04 bits per heavy atom. The second-order valence-corrected chi connectivity index (χ2v) is 7.07. The third kappa shape index (κ3) is 3.85. The lowest BCUT2D eigenvalue weighted by Crippen LogP contribution is -2.34. The lowest BCUT2D eigenvalue weighted by atomic mass is 10.1. The molecule has 0 unspecified atom stereocenters. The number of imidazole rings is 1. The van der Waals surface area contributed by atoms with Gasteiger partial charge in [0, 0.05) is 50.2 Å². The molecule has 1 N–H and O–H groups in total. The molecule has 0 radical (unpaired) electrons. The number of amides is 1. The number of hydrogen-bond donors (Lipinski definition) is 1. The van der Waals surface area contributed by atoms with Crippen molar-refractivity contribution in [3.63, 3.8) is 0 Å². The average molecular weight is 357 g/mol. The summed E-state index contributed by atoms with van der Waals surface area (Å²) in [6, 6.07) is 1.99. The fourth-order valence-corrected chi connectivity index (χ4v) is 3.22. The van der Waals surface area contributed by atoms with Gasteiger partial charge in [-0.05, 0) is 34.0 Å². The van der Waals surface area contributed by atoms with Gasteiger partial charge in [0.15, 0.2) is 5.82 Å². The van der Waals surface area contributed by atoms with Crippen LogP contribution in [0.1, 0.15) is 41.9 Å². The van der Waals surface area contributed by atoms with Crippen LogP contribution in [0.3, 0.4) is 0 Å². The number of nitrogens with one attached hydrogen (secondary N) is 1. The van der Waals surface area contributed by atoms with Crippen LogP contribution in [0.4, 0.5) is 5.95 Å². The Balaban J connectivity index is 1.82. The van der Waals surface area contributed by atoms with Crippen LogP contribution in [-0.2, 0) is 13.0 Å². The first kappa shape index (κ1) is 18.3. The molecule has 1 aliphatic heterocycles. The summed E-state index contributed by atoms with van der Waals surface area (Å²) in [6.07, 6.45) is 4.31. The van der Waals surface area contributed by atoms with Crippen molar-refractivity contribution in [2.24, 2.45) is 0 Å². The summed E-state index contributed by atoms with van der Waals surface area (Å²) >= 11 is 0. The smallest absolute Gasteiger partial charge is 0.287 e. The van der Waals surface area contributed by atoms with E-state index in [2.05, 4.69) is 43.6 Å². The predicted molar refractivity (Wildman–Crippen MR) is 100 cm³/mol. The van der Waals surface area contributed by atoms with Gasteiger partial charge in [0.25, 0.3) is 5.91 Å². The molecule has 3 heterocycles. The van der Waals surface area contributed by atoms with Crippen molar-refractivity contribution in [3.05, 3.63) is 35.7 Å². The first-order chi connectivity index (χ1) is 12.5. The van der Waals surface area contributed by atoms with E-state index in [9.17, 15) is 4.79 Å². The van der Waals surface area contributed by atoms with E-state index in [-0.39, 0.29) is 11.9 Å². The predicted octanol–water partition coefficient (Wildman–Crippen LogP) is 1.11. The van der Waals surface area contributed by atoms with Gasteiger partial charge in [-0.1, -0.05) is 0 Å². The molecule has 0 spiro atoms. The molecule has 0 atom stereocenters. The summed E-state index contributed by atoms with van der Waals surface area (Å²) in [7, 11) is 3.97. The maximum atomic E-state index is 12.7. The summed E-state index contributed by atoms with van der Waals surface area (Å²) in [5, 5.41) is 2.98. The van der Waals surface area contributed by atoms with Crippen molar-refractivity contribution in [3.8, 4) is 0 Å².